The highest BCUT2D eigenvalue weighted by Gasteiger charge is 2.17. The van der Waals surface area contributed by atoms with Crippen molar-refractivity contribution in [3.63, 3.8) is 0 Å². The molecule has 1 unspecified atom stereocenters. The maximum atomic E-state index is 12.4. The van der Waals surface area contributed by atoms with E-state index in [0.717, 1.165) is 10.8 Å². The topological polar surface area (TPSA) is 56.8 Å². The third-order valence-corrected chi connectivity index (χ3v) is 4.21. The monoisotopic (exact) mass is 349 g/mol. The SMILES string of the molecule is CC(Oc1ccc2ccccc2c1)C(=O)Nc1ccc2c(c1)OCCO2. The van der Waals surface area contributed by atoms with E-state index in [0.29, 0.717) is 36.1 Å². The average Bonchev–Trinajstić information content (AvgIpc) is 2.67. The third kappa shape index (κ3) is 3.42. The Bertz CT molecular complexity index is 954. The van der Waals surface area contributed by atoms with Crippen LogP contribution in [0.3, 0.4) is 0 Å². The highest BCUT2D eigenvalue weighted by atomic mass is 16.6. The van der Waals surface area contributed by atoms with E-state index >= 15 is 0 Å². The molecule has 1 atom stereocenters. The minimum absolute atomic E-state index is 0.227. The molecule has 1 aliphatic rings. The standard InChI is InChI=1S/C21H19NO4/c1-14(26-18-8-6-15-4-2-3-5-16(15)12-18)21(23)22-17-7-9-19-20(13-17)25-11-10-24-19/h2-9,12-14H,10-11H2,1H3,(H,22,23). The number of benzene rings is 3. The smallest absolute Gasteiger partial charge is 0.265 e. The summed E-state index contributed by atoms with van der Waals surface area (Å²) in [4.78, 5) is 12.4. The summed E-state index contributed by atoms with van der Waals surface area (Å²) in [6.45, 7) is 2.77. The lowest BCUT2D eigenvalue weighted by Gasteiger charge is -2.20. The van der Waals surface area contributed by atoms with E-state index in [2.05, 4.69) is 5.32 Å². The second kappa shape index (κ2) is 6.96. The van der Waals surface area contributed by atoms with Crippen molar-refractivity contribution < 1.29 is 19.0 Å². The maximum absolute atomic E-state index is 12.4. The molecule has 132 valence electrons. The van der Waals surface area contributed by atoms with Crippen molar-refractivity contribution in [2.75, 3.05) is 18.5 Å². The van der Waals surface area contributed by atoms with Gasteiger partial charge in [0.1, 0.15) is 19.0 Å². The Balaban J connectivity index is 1.44. The van der Waals surface area contributed by atoms with Crippen molar-refractivity contribution in [3.05, 3.63) is 60.7 Å². The van der Waals surface area contributed by atoms with Gasteiger partial charge in [0.15, 0.2) is 17.6 Å². The Morgan fingerprint density at radius 1 is 0.962 bits per heavy atom. The van der Waals surface area contributed by atoms with E-state index in [1.807, 2.05) is 42.5 Å². The molecule has 1 amide bonds. The lowest BCUT2D eigenvalue weighted by atomic mass is 10.1. The number of nitrogens with one attached hydrogen (secondary N) is 1. The molecule has 0 saturated heterocycles. The molecule has 1 heterocycles. The number of amides is 1. The molecule has 5 heteroatoms. The first-order chi connectivity index (χ1) is 12.7. The number of hydrogen-bond acceptors (Lipinski definition) is 4. The number of ether oxygens (including phenoxy) is 3. The Kier molecular flexibility index (Phi) is 4.35. The molecule has 0 radical (unpaired) electrons. The van der Waals surface area contributed by atoms with Crippen LogP contribution in [0.25, 0.3) is 10.8 Å². The Labute approximate surface area is 151 Å². The van der Waals surface area contributed by atoms with E-state index in [1.54, 1.807) is 25.1 Å². The van der Waals surface area contributed by atoms with Crippen LogP contribution in [-0.4, -0.2) is 25.2 Å². The van der Waals surface area contributed by atoms with Crippen molar-refractivity contribution in [1.82, 2.24) is 0 Å². The van der Waals surface area contributed by atoms with Crippen molar-refractivity contribution in [3.8, 4) is 17.2 Å². The van der Waals surface area contributed by atoms with Crippen molar-refractivity contribution >= 4 is 22.4 Å². The van der Waals surface area contributed by atoms with Crippen LogP contribution in [0.2, 0.25) is 0 Å². The number of fused-ring (bicyclic) bond motifs is 2. The summed E-state index contributed by atoms with van der Waals surface area (Å²) in [6.07, 6.45) is -0.635. The first-order valence-electron chi connectivity index (χ1n) is 8.55. The van der Waals surface area contributed by atoms with Gasteiger partial charge in [-0.15, -0.1) is 0 Å². The highest BCUT2D eigenvalue weighted by molar-refractivity contribution is 5.94. The van der Waals surface area contributed by atoms with Crippen molar-refractivity contribution in [2.45, 2.75) is 13.0 Å². The minimum Gasteiger partial charge on any atom is -0.486 e. The molecule has 0 saturated carbocycles. The fraction of sp³-hybridized carbons (Fsp3) is 0.190. The fourth-order valence-corrected chi connectivity index (χ4v) is 2.86. The van der Waals surface area contributed by atoms with Crippen molar-refractivity contribution in [2.24, 2.45) is 0 Å². The van der Waals surface area contributed by atoms with Gasteiger partial charge in [-0.1, -0.05) is 30.3 Å². The van der Waals surface area contributed by atoms with E-state index in [-0.39, 0.29) is 5.91 Å². The zero-order valence-electron chi connectivity index (χ0n) is 14.4. The first kappa shape index (κ1) is 16.3. The largest absolute Gasteiger partial charge is 0.486 e. The molecule has 26 heavy (non-hydrogen) atoms. The molecule has 1 aliphatic heterocycles. The van der Waals surface area contributed by atoms with Gasteiger partial charge in [-0.05, 0) is 42.0 Å². The quantitative estimate of drug-likeness (QED) is 0.773. The van der Waals surface area contributed by atoms with Crippen LogP contribution in [-0.2, 0) is 4.79 Å². The van der Waals surface area contributed by atoms with Crippen LogP contribution in [0.15, 0.2) is 60.7 Å². The van der Waals surface area contributed by atoms with Crippen LogP contribution < -0.4 is 19.5 Å². The highest BCUT2D eigenvalue weighted by Crippen LogP contribution is 2.32. The normalized spacial score (nSPS) is 13.9. The van der Waals surface area contributed by atoms with Gasteiger partial charge in [0.05, 0.1) is 0 Å². The summed E-state index contributed by atoms with van der Waals surface area (Å²) >= 11 is 0. The Morgan fingerprint density at radius 2 is 1.73 bits per heavy atom. The lowest BCUT2D eigenvalue weighted by Crippen LogP contribution is -2.30. The second-order valence-corrected chi connectivity index (χ2v) is 6.12. The molecule has 3 aromatic rings. The summed E-state index contributed by atoms with van der Waals surface area (Å²) in [5.41, 5.74) is 0.646. The van der Waals surface area contributed by atoms with Crippen LogP contribution in [0, 0.1) is 0 Å². The molecular formula is C21H19NO4. The molecule has 0 fully saturated rings. The Morgan fingerprint density at radius 3 is 2.58 bits per heavy atom. The molecule has 5 nitrogen and oxygen atoms in total. The van der Waals surface area contributed by atoms with Crippen LogP contribution >= 0.6 is 0 Å². The number of hydrogen-bond donors (Lipinski definition) is 1. The number of rotatable bonds is 4. The number of carbonyl (C=O) groups excluding carboxylic acids is 1. The van der Waals surface area contributed by atoms with E-state index in [9.17, 15) is 4.79 Å². The van der Waals surface area contributed by atoms with Gasteiger partial charge in [0.2, 0.25) is 0 Å². The average molecular weight is 349 g/mol. The zero-order valence-corrected chi connectivity index (χ0v) is 14.4. The molecule has 3 aromatic carbocycles. The molecular weight excluding hydrogens is 330 g/mol. The Hall–Kier alpha value is -3.21. The molecule has 0 bridgehead atoms. The predicted molar refractivity (Wildman–Crippen MR) is 100 cm³/mol. The zero-order chi connectivity index (χ0) is 17.9. The van der Waals surface area contributed by atoms with Crippen LogP contribution in [0.4, 0.5) is 5.69 Å². The number of anilines is 1. The minimum atomic E-state index is -0.635. The summed E-state index contributed by atoms with van der Waals surface area (Å²) in [7, 11) is 0. The summed E-state index contributed by atoms with van der Waals surface area (Å²) in [5, 5.41) is 5.06. The summed E-state index contributed by atoms with van der Waals surface area (Å²) < 4.78 is 16.8. The van der Waals surface area contributed by atoms with Gasteiger partial charge in [-0.3, -0.25) is 4.79 Å². The fourth-order valence-electron chi connectivity index (χ4n) is 2.86. The van der Waals surface area contributed by atoms with Crippen LogP contribution in [0.1, 0.15) is 6.92 Å². The van der Waals surface area contributed by atoms with E-state index < -0.39 is 6.10 Å². The summed E-state index contributed by atoms with van der Waals surface area (Å²) in [6, 6.07) is 19.1. The summed E-state index contributed by atoms with van der Waals surface area (Å²) in [5.74, 6) is 1.76. The third-order valence-electron chi connectivity index (χ3n) is 4.21. The van der Waals surface area contributed by atoms with Crippen LogP contribution in [0.5, 0.6) is 17.2 Å². The van der Waals surface area contributed by atoms with Gasteiger partial charge in [-0.25, -0.2) is 0 Å². The lowest BCUT2D eigenvalue weighted by molar-refractivity contribution is -0.122. The van der Waals surface area contributed by atoms with E-state index in [4.69, 9.17) is 14.2 Å². The van der Waals surface area contributed by atoms with Crippen molar-refractivity contribution in [1.29, 1.82) is 0 Å². The van der Waals surface area contributed by atoms with Gasteiger partial charge in [0.25, 0.3) is 5.91 Å². The van der Waals surface area contributed by atoms with Gasteiger partial charge < -0.3 is 19.5 Å². The molecule has 0 aromatic heterocycles. The molecule has 4 rings (SSSR count). The molecule has 0 aliphatic carbocycles. The second-order valence-electron chi connectivity index (χ2n) is 6.12. The van der Waals surface area contributed by atoms with Gasteiger partial charge >= 0.3 is 0 Å². The number of carbonyl (C=O) groups is 1. The molecule has 0 spiro atoms. The predicted octanol–water partition coefficient (Wildman–Crippen LogP) is 4.02. The maximum Gasteiger partial charge on any atom is 0.265 e. The van der Waals surface area contributed by atoms with E-state index in [1.165, 1.54) is 0 Å². The molecule has 1 N–H and O–H groups in total. The van der Waals surface area contributed by atoms with Gasteiger partial charge in [-0.2, -0.15) is 0 Å². The van der Waals surface area contributed by atoms with Gasteiger partial charge in [0, 0.05) is 11.8 Å². The first-order valence-corrected chi connectivity index (χ1v) is 8.55.